The van der Waals surface area contributed by atoms with Gasteiger partial charge in [0, 0.05) is 0 Å². The van der Waals surface area contributed by atoms with Crippen molar-refractivity contribution >= 4 is 0 Å². The molecular formula is C15H24O. The summed E-state index contributed by atoms with van der Waals surface area (Å²) in [6.07, 6.45) is 7.76. The minimum absolute atomic E-state index is 0.225. The molecule has 0 radical (unpaired) electrons. The molecule has 0 aromatic heterocycles. The van der Waals surface area contributed by atoms with Gasteiger partial charge in [-0.05, 0) is 61.2 Å². The highest BCUT2D eigenvalue weighted by Crippen LogP contribution is 2.87. The molecule has 0 aromatic carbocycles. The van der Waals surface area contributed by atoms with Gasteiger partial charge in [0.05, 0.1) is 6.61 Å². The first-order valence-electron chi connectivity index (χ1n) is 6.80. The Balaban J connectivity index is 1.68. The maximum atomic E-state index is 8.99. The van der Waals surface area contributed by atoms with E-state index in [-0.39, 0.29) is 6.61 Å². The van der Waals surface area contributed by atoms with Crippen molar-refractivity contribution < 1.29 is 5.11 Å². The summed E-state index contributed by atoms with van der Waals surface area (Å²) in [7, 11) is 0. The van der Waals surface area contributed by atoms with Crippen molar-refractivity contribution in [2.24, 2.45) is 28.6 Å². The van der Waals surface area contributed by atoms with E-state index >= 15 is 0 Å². The SMILES string of the molecule is C/C(=C/CC[C@@]1(C)C2CC3[C@@H](C2)C31C)CO. The van der Waals surface area contributed by atoms with Crippen LogP contribution in [0.5, 0.6) is 0 Å². The molecule has 5 atom stereocenters. The Morgan fingerprint density at radius 2 is 1.94 bits per heavy atom. The molecule has 4 bridgehead atoms. The largest absolute Gasteiger partial charge is 0.392 e. The lowest BCUT2D eigenvalue weighted by molar-refractivity contribution is 0.154. The Morgan fingerprint density at radius 3 is 2.38 bits per heavy atom. The molecule has 3 unspecified atom stereocenters. The number of aliphatic hydroxyl groups excluding tert-OH is 1. The van der Waals surface area contributed by atoms with Crippen LogP contribution in [0.25, 0.3) is 0 Å². The van der Waals surface area contributed by atoms with E-state index in [9.17, 15) is 0 Å². The zero-order valence-corrected chi connectivity index (χ0v) is 10.8. The second kappa shape index (κ2) is 3.13. The van der Waals surface area contributed by atoms with Crippen LogP contribution in [0, 0.1) is 28.6 Å². The average molecular weight is 220 g/mol. The van der Waals surface area contributed by atoms with Crippen molar-refractivity contribution in [3.8, 4) is 0 Å². The average Bonchev–Trinajstić information content (AvgIpc) is 2.62. The van der Waals surface area contributed by atoms with Gasteiger partial charge < -0.3 is 5.11 Å². The van der Waals surface area contributed by atoms with Crippen molar-refractivity contribution in [3.05, 3.63) is 11.6 Å². The minimum atomic E-state index is 0.225. The highest BCUT2D eigenvalue weighted by Gasteiger charge is 2.80. The van der Waals surface area contributed by atoms with E-state index in [1.807, 2.05) is 6.92 Å². The quantitative estimate of drug-likeness (QED) is 0.720. The third-order valence-corrected chi connectivity index (χ3v) is 6.53. The molecule has 1 N–H and O–H groups in total. The molecule has 16 heavy (non-hydrogen) atoms. The summed E-state index contributed by atoms with van der Waals surface area (Å²) in [5.74, 6) is 3.16. The highest BCUT2D eigenvalue weighted by atomic mass is 16.3. The lowest BCUT2D eigenvalue weighted by atomic mass is 9.71. The van der Waals surface area contributed by atoms with Gasteiger partial charge in [0.2, 0.25) is 0 Å². The predicted octanol–water partition coefficient (Wildman–Crippen LogP) is 3.39. The number of hydrogen-bond acceptors (Lipinski definition) is 1. The fourth-order valence-corrected chi connectivity index (χ4v) is 5.19. The van der Waals surface area contributed by atoms with Crippen LogP contribution in [0.1, 0.15) is 46.5 Å². The van der Waals surface area contributed by atoms with E-state index in [1.165, 1.54) is 19.3 Å². The van der Waals surface area contributed by atoms with E-state index in [1.54, 1.807) is 0 Å². The first-order chi connectivity index (χ1) is 7.54. The topological polar surface area (TPSA) is 20.2 Å². The van der Waals surface area contributed by atoms with Crippen molar-refractivity contribution in [2.45, 2.75) is 46.5 Å². The number of aliphatic hydroxyl groups is 1. The molecule has 1 nitrogen and oxygen atoms in total. The lowest BCUT2D eigenvalue weighted by Gasteiger charge is -2.34. The molecule has 90 valence electrons. The van der Waals surface area contributed by atoms with Crippen LogP contribution in [-0.4, -0.2) is 11.7 Å². The third-order valence-electron chi connectivity index (χ3n) is 6.53. The zero-order chi connectivity index (χ0) is 11.6. The minimum Gasteiger partial charge on any atom is -0.392 e. The summed E-state index contributed by atoms with van der Waals surface area (Å²) in [4.78, 5) is 0. The van der Waals surface area contributed by atoms with Crippen molar-refractivity contribution in [2.75, 3.05) is 6.61 Å². The van der Waals surface area contributed by atoms with Gasteiger partial charge in [0.25, 0.3) is 0 Å². The summed E-state index contributed by atoms with van der Waals surface area (Å²) in [5.41, 5.74) is 2.43. The van der Waals surface area contributed by atoms with Crippen LogP contribution in [0.15, 0.2) is 11.6 Å². The van der Waals surface area contributed by atoms with Crippen LogP contribution >= 0.6 is 0 Å². The molecule has 4 rings (SSSR count). The lowest BCUT2D eigenvalue weighted by Crippen LogP contribution is -2.26. The van der Waals surface area contributed by atoms with E-state index in [2.05, 4.69) is 19.9 Å². The number of hydrogen-bond donors (Lipinski definition) is 1. The Hall–Kier alpha value is -0.300. The van der Waals surface area contributed by atoms with E-state index < -0.39 is 0 Å². The van der Waals surface area contributed by atoms with Crippen LogP contribution in [0.3, 0.4) is 0 Å². The van der Waals surface area contributed by atoms with Crippen molar-refractivity contribution in [3.63, 3.8) is 0 Å². The molecule has 0 amide bonds. The van der Waals surface area contributed by atoms with Gasteiger partial charge in [-0.15, -0.1) is 0 Å². The van der Waals surface area contributed by atoms with Gasteiger partial charge in [-0.1, -0.05) is 25.5 Å². The van der Waals surface area contributed by atoms with Gasteiger partial charge in [-0.3, -0.25) is 0 Å². The summed E-state index contributed by atoms with van der Waals surface area (Å²) in [6.45, 7) is 7.33. The monoisotopic (exact) mass is 220 g/mol. The molecule has 4 saturated carbocycles. The molecule has 0 aliphatic heterocycles. The second-order valence-electron chi connectivity index (χ2n) is 6.83. The highest BCUT2D eigenvalue weighted by molar-refractivity contribution is 5.29. The molecule has 0 aromatic rings. The fraction of sp³-hybridized carbons (Fsp3) is 0.867. The van der Waals surface area contributed by atoms with Gasteiger partial charge in [-0.25, -0.2) is 0 Å². The summed E-state index contributed by atoms with van der Waals surface area (Å²) in [5, 5.41) is 8.99. The number of rotatable bonds is 4. The Labute approximate surface area is 98.9 Å². The zero-order valence-electron chi connectivity index (χ0n) is 10.8. The van der Waals surface area contributed by atoms with Crippen LogP contribution in [-0.2, 0) is 0 Å². The standard InChI is InChI=1S/C15H24O/c1-10(9-16)5-4-6-14(2)11-7-12-13(8-11)15(12,14)3/h5,11-13,16H,4,6-9H2,1-3H3/b10-5-/t11?,12-,13?,14+,15?/m1/s1. The first-order valence-corrected chi connectivity index (χ1v) is 6.80. The van der Waals surface area contributed by atoms with Crippen LogP contribution in [0.4, 0.5) is 0 Å². The summed E-state index contributed by atoms with van der Waals surface area (Å²) < 4.78 is 0. The normalized spacial score (nSPS) is 53.5. The third kappa shape index (κ3) is 1.06. The van der Waals surface area contributed by atoms with Crippen molar-refractivity contribution in [1.29, 1.82) is 0 Å². The first kappa shape index (κ1) is 10.8. The van der Waals surface area contributed by atoms with E-state index in [0.717, 1.165) is 29.7 Å². The predicted molar refractivity (Wildman–Crippen MR) is 66.0 cm³/mol. The molecule has 4 aliphatic rings. The van der Waals surface area contributed by atoms with E-state index in [4.69, 9.17) is 5.11 Å². The maximum absolute atomic E-state index is 8.99. The fourth-order valence-electron chi connectivity index (χ4n) is 5.19. The molecule has 1 heteroatoms. The molecule has 4 aliphatic carbocycles. The van der Waals surface area contributed by atoms with Crippen molar-refractivity contribution in [1.82, 2.24) is 0 Å². The van der Waals surface area contributed by atoms with E-state index in [0.29, 0.717) is 10.8 Å². The Bertz CT molecular complexity index is 331. The Morgan fingerprint density at radius 1 is 1.31 bits per heavy atom. The van der Waals surface area contributed by atoms with Gasteiger partial charge in [0.1, 0.15) is 0 Å². The Kier molecular flexibility index (Phi) is 2.12. The molecule has 0 spiro atoms. The number of allylic oxidation sites excluding steroid dienone is 1. The summed E-state index contributed by atoms with van der Waals surface area (Å²) in [6, 6.07) is 0. The molecule has 4 fully saturated rings. The maximum Gasteiger partial charge on any atom is 0.0639 e. The van der Waals surface area contributed by atoms with Crippen LogP contribution in [0.2, 0.25) is 0 Å². The molecule has 0 saturated heterocycles. The molecular weight excluding hydrogens is 196 g/mol. The van der Waals surface area contributed by atoms with Gasteiger partial charge >= 0.3 is 0 Å². The summed E-state index contributed by atoms with van der Waals surface area (Å²) >= 11 is 0. The van der Waals surface area contributed by atoms with Gasteiger partial charge in [-0.2, -0.15) is 0 Å². The van der Waals surface area contributed by atoms with Crippen LogP contribution < -0.4 is 0 Å². The smallest absolute Gasteiger partial charge is 0.0639 e. The molecule has 0 heterocycles. The van der Waals surface area contributed by atoms with Gasteiger partial charge in [0.15, 0.2) is 0 Å². The second-order valence-corrected chi connectivity index (χ2v) is 6.83.